The Morgan fingerprint density at radius 2 is 1.74 bits per heavy atom. The van der Waals surface area contributed by atoms with E-state index in [2.05, 4.69) is 20.7 Å². The van der Waals surface area contributed by atoms with E-state index in [0.717, 1.165) is 10.7 Å². The summed E-state index contributed by atoms with van der Waals surface area (Å²) in [5.41, 5.74) is 0.520. The minimum Gasteiger partial charge on any atom is -0.355 e. The molecule has 0 saturated heterocycles. The molecule has 1 atom stereocenters. The highest BCUT2D eigenvalue weighted by atomic mass is 19.4. The second-order valence-corrected chi connectivity index (χ2v) is 9.69. The molecule has 5 rings (SSSR count). The molecule has 0 radical (unpaired) electrons. The number of benzene rings is 3. The van der Waals surface area contributed by atoms with Gasteiger partial charge in [0.05, 0.1) is 22.8 Å². The third kappa shape index (κ3) is 6.37. The Morgan fingerprint density at radius 3 is 2.49 bits per heavy atom. The van der Waals surface area contributed by atoms with Gasteiger partial charge < -0.3 is 10.6 Å². The number of hydrogen-bond donors (Lipinski definition) is 2. The number of aromatic nitrogens is 3. The Labute approximate surface area is 242 Å². The number of alkyl halides is 3. The van der Waals surface area contributed by atoms with E-state index in [1.54, 1.807) is 24.3 Å². The van der Waals surface area contributed by atoms with Gasteiger partial charge in [0, 0.05) is 24.2 Å². The molecule has 0 unspecified atom stereocenters. The van der Waals surface area contributed by atoms with Gasteiger partial charge in [0.2, 0.25) is 5.91 Å². The van der Waals surface area contributed by atoms with Crippen molar-refractivity contribution in [1.29, 1.82) is 0 Å². The van der Waals surface area contributed by atoms with Gasteiger partial charge in [0.1, 0.15) is 18.2 Å². The molecule has 0 bridgehead atoms. The molecule has 0 saturated carbocycles. The molecule has 0 fully saturated rings. The van der Waals surface area contributed by atoms with Crippen LogP contribution in [0.4, 0.5) is 22.0 Å². The smallest absolute Gasteiger partial charge is 0.355 e. The molecule has 43 heavy (non-hydrogen) atoms. The summed E-state index contributed by atoms with van der Waals surface area (Å²) in [7, 11) is 1.37. The largest absolute Gasteiger partial charge is 0.435 e. The van der Waals surface area contributed by atoms with E-state index in [1.165, 1.54) is 61.8 Å². The van der Waals surface area contributed by atoms with Crippen molar-refractivity contribution in [1.82, 2.24) is 25.4 Å². The Balaban J connectivity index is 1.53. The average Bonchev–Trinajstić information content (AvgIpc) is 3.35. The fourth-order valence-electron chi connectivity index (χ4n) is 4.89. The first-order chi connectivity index (χ1) is 20.5. The number of pyridine rings is 1. The van der Waals surface area contributed by atoms with E-state index >= 15 is 0 Å². The van der Waals surface area contributed by atoms with Gasteiger partial charge in [-0.05, 0) is 53.9 Å². The fraction of sp³-hybridized carbons (Fsp3) is 0.161. The van der Waals surface area contributed by atoms with Crippen LogP contribution >= 0.6 is 0 Å². The molecular formula is C31H24F5N5O2. The summed E-state index contributed by atoms with van der Waals surface area (Å²) in [5.74, 6) is -2.55. The molecule has 0 aliphatic heterocycles. The number of rotatable bonds is 8. The number of nitrogens with one attached hydrogen (secondary N) is 2. The molecule has 220 valence electrons. The highest BCUT2D eigenvalue weighted by Gasteiger charge is 2.37. The predicted molar refractivity (Wildman–Crippen MR) is 149 cm³/mol. The first kappa shape index (κ1) is 29.4. The van der Waals surface area contributed by atoms with Gasteiger partial charge in [-0.1, -0.05) is 42.5 Å². The number of carbonyl (C=O) groups excluding carboxylic acids is 2. The van der Waals surface area contributed by atoms with Gasteiger partial charge in [0.15, 0.2) is 5.69 Å². The lowest BCUT2D eigenvalue weighted by Gasteiger charge is -2.22. The monoisotopic (exact) mass is 593 g/mol. The summed E-state index contributed by atoms with van der Waals surface area (Å²) in [4.78, 5) is 30.1. The first-order valence-electron chi connectivity index (χ1n) is 13.1. The Kier molecular flexibility index (Phi) is 8.20. The summed E-state index contributed by atoms with van der Waals surface area (Å²) in [6.45, 7) is -0.546. The second kappa shape index (κ2) is 12.0. The maximum Gasteiger partial charge on any atom is 0.435 e. The molecule has 0 aliphatic carbocycles. The molecule has 7 nitrogen and oxygen atoms in total. The van der Waals surface area contributed by atoms with Crippen LogP contribution in [0, 0.1) is 11.6 Å². The Morgan fingerprint density at radius 1 is 0.953 bits per heavy atom. The maximum absolute atomic E-state index is 14.4. The molecule has 0 spiro atoms. The van der Waals surface area contributed by atoms with Crippen molar-refractivity contribution in [2.45, 2.75) is 25.2 Å². The minimum atomic E-state index is -4.73. The van der Waals surface area contributed by atoms with Gasteiger partial charge in [-0.15, -0.1) is 0 Å². The van der Waals surface area contributed by atoms with E-state index in [4.69, 9.17) is 0 Å². The fourth-order valence-corrected chi connectivity index (χ4v) is 4.89. The second-order valence-electron chi connectivity index (χ2n) is 9.69. The highest BCUT2D eigenvalue weighted by molar-refractivity contribution is 5.95. The van der Waals surface area contributed by atoms with Gasteiger partial charge in [-0.25, -0.2) is 8.78 Å². The number of para-hydroxylation sites is 1. The Bertz CT molecular complexity index is 1820. The van der Waals surface area contributed by atoms with E-state index < -0.39 is 47.9 Å². The lowest BCUT2D eigenvalue weighted by atomic mass is 9.94. The summed E-state index contributed by atoms with van der Waals surface area (Å²) in [6, 6.07) is 17.8. The highest BCUT2D eigenvalue weighted by Crippen LogP contribution is 2.34. The molecule has 3 aromatic carbocycles. The van der Waals surface area contributed by atoms with Gasteiger partial charge >= 0.3 is 6.18 Å². The lowest BCUT2D eigenvalue weighted by Crippen LogP contribution is -2.34. The van der Waals surface area contributed by atoms with Crippen molar-refractivity contribution in [3.63, 3.8) is 0 Å². The van der Waals surface area contributed by atoms with Crippen molar-refractivity contribution in [3.8, 4) is 11.1 Å². The maximum atomic E-state index is 14.4. The van der Waals surface area contributed by atoms with Crippen LogP contribution in [0.3, 0.4) is 0 Å². The summed E-state index contributed by atoms with van der Waals surface area (Å²) in [5, 5.41) is 8.73. The zero-order valence-corrected chi connectivity index (χ0v) is 22.6. The molecule has 2 N–H and O–H groups in total. The van der Waals surface area contributed by atoms with Crippen LogP contribution in [0.15, 0.2) is 85.1 Å². The molecule has 0 aliphatic rings. The topological polar surface area (TPSA) is 88.9 Å². The van der Waals surface area contributed by atoms with E-state index in [1.807, 2.05) is 0 Å². The number of halogens is 5. The third-order valence-corrected chi connectivity index (χ3v) is 6.80. The number of carbonyl (C=O) groups is 2. The van der Waals surface area contributed by atoms with E-state index in [-0.39, 0.29) is 22.9 Å². The number of fused-ring (bicyclic) bond motifs is 1. The molecule has 12 heteroatoms. The Hall–Kier alpha value is -5.13. The zero-order chi connectivity index (χ0) is 30.7. The minimum absolute atomic E-state index is 0.0602. The van der Waals surface area contributed by atoms with Crippen LogP contribution in [0.5, 0.6) is 0 Å². The van der Waals surface area contributed by atoms with Crippen LogP contribution < -0.4 is 10.6 Å². The van der Waals surface area contributed by atoms with Crippen LogP contribution in [-0.2, 0) is 23.9 Å². The van der Waals surface area contributed by atoms with Crippen molar-refractivity contribution in [2.24, 2.45) is 0 Å². The summed E-state index contributed by atoms with van der Waals surface area (Å²) >= 11 is 0. The van der Waals surface area contributed by atoms with Crippen molar-refractivity contribution >= 4 is 22.7 Å². The quantitative estimate of drug-likeness (QED) is 0.221. The van der Waals surface area contributed by atoms with Gasteiger partial charge in [-0.2, -0.15) is 18.3 Å². The summed E-state index contributed by atoms with van der Waals surface area (Å²) in [6.07, 6.45) is -3.19. The van der Waals surface area contributed by atoms with Gasteiger partial charge in [-0.3, -0.25) is 19.3 Å². The number of nitrogens with zero attached hydrogens (tertiary/aromatic N) is 3. The lowest BCUT2D eigenvalue weighted by molar-refractivity contribution is -0.140. The normalized spacial score (nSPS) is 12.2. The van der Waals surface area contributed by atoms with Crippen molar-refractivity contribution in [3.05, 3.63) is 119 Å². The van der Waals surface area contributed by atoms with E-state index in [0.29, 0.717) is 22.4 Å². The molecule has 2 aromatic heterocycles. The molecular weight excluding hydrogens is 569 g/mol. The molecule has 2 amide bonds. The van der Waals surface area contributed by atoms with Crippen molar-refractivity contribution in [2.75, 3.05) is 7.05 Å². The van der Waals surface area contributed by atoms with Crippen LogP contribution in [0.25, 0.3) is 22.0 Å². The van der Waals surface area contributed by atoms with Crippen molar-refractivity contribution < 1.29 is 31.5 Å². The number of hydrogen-bond acceptors (Lipinski definition) is 4. The summed E-state index contributed by atoms with van der Waals surface area (Å²) < 4.78 is 70.4. The number of amides is 2. The first-order valence-corrected chi connectivity index (χ1v) is 13.1. The molecule has 2 heterocycles. The predicted octanol–water partition coefficient (Wildman–Crippen LogP) is 5.86. The van der Waals surface area contributed by atoms with Gasteiger partial charge in [0.25, 0.3) is 5.91 Å². The average molecular weight is 594 g/mol. The molecule has 5 aromatic rings. The third-order valence-electron chi connectivity index (χ3n) is 6.80. The van der Waals surface area contributed by atoms with Crippen LogP contribution in [0.2, 0.25) is 0 Å². The SMILES string of the molecule is CNC(=O)c1cc(-c2cccnc2[C@H](Cc2cccc(F)c2)NC(=O)Cn2nc(C(F)(F)F)c3ccccc32)ccc1F. The zero-order valence-electron chi connectivity index (χ0n) is 22.6. The van der Waals surface area contributed by atoms with E-state index in [9.17, 15) is 31.5 Å². The standard InChI is InChI=1S/C31H24F5N5O2/c1-37-30(43)23-16-19(11-12-24(23)33)21-9-5-13-38-28(21)25(15-18-6-4-7-20(32)14-18)39-27(42)17-41-26-10-3-2-8-22(26)29(40-41)31(34,35)36/h2-14,16,25H,15,17H2,1H3,(H,37,43)(H,39,42)/t25-/m0/s1. The van der Waals surface area contributed by atoms with Crippen LogP contribution in [-0.4, -0.2) is 33.6 Å². The van der Waals surface area contributed by atoms with Crippen LogP contribution in [0.1, 0.15) is 33.4 Å².